The SMILES string of the molecule is CC.COc1cc(Br)c2oc(C#N)c(C)c2c1. The van der Waals surface area contributed by atoms with Crippen LogP contribution in [0.1, 0.15) is 25.2 Å². The first kappa shape index (κ1) is 13.6. The maximum Gasteiger partial charge on any atom is 0.207 e. The monoisotopic (exact) mass is 295 g/mol. The second-order valence-corrected chi connectivity index (χ2v) is 4.01. The number of rotatable bonds is 1. The van der Waals surface area contributed by atoms with E-state index in [0.29, 0.717) is 11.3 Å². The van der Waals surface area contributed by atoms with E-state index in [4.69, 9.17) is 14.4 Å². The van der Waals surface area contributed by atoms with Crippen LogP contribution < -0.4 is 4.74 Å². The first-order chi connectivity index (χ1) is 8.17. The van der Waals surface area contributed by atoms with E-state index >= 15 is 0 Å². The number of nitrogens with zero attached hydrogens (tertiary/aromatic N) is 1. The summed E-state index contributed by atoms with van der Waals surface area (Å²) in [6, 6.07) is 5.69. The number of methoxy groups -OCH3 is 1. The Labute approximate surface area is 109 Å². The number of nitriles is 1. The number of benzene rings is 1. The van der Waals surface area contributed by atoms with Gasteiger partial charge in [-0.25, -0.2) is 0 Å². The van der Waals surface area contributed by atoms with E-state index < -0.39 is 0 Å². The zero-order valence-electron chi connectivity index (χ0n) is 10.3. The lowest BCUT2D eigenvalue weighted by atomic mass is 10.1. The number of fused-ring (bicyclic) bond motifs is 1. The molecule has 0 bridgehead atoms. The molecule has 0 N–H and O–H groups in total. The molecule has 1 aromatic carbocycles. The Kier molecular flexibility index (Phi) is 4.59. The van der Waals surface area contributed by atoms with Crippen LogP contribution in [0.3, 0.4) is 0 Å². The molecule has 17 heavy (non-hydrogen) atoms. The van der Waals surface area contributed by atoms with E-state index in [-0.39, 0.29) is 0 Å². The van der Waals surface area contributed by atoms with Gasteiger partial charge in [-0.2, -0.15) is 5.26 Å². The molecule has 0 aliphatic rings. The van der Waals surface area contributed by atoms with Gasteiger partial charge in [0, 0.05) is 10.9 Å². The molecule has 3 nitrogen and oxygen atoms in total. The molecular formula is C13H14BrNO2. The van der Waals surface area contributed by atoms with Gasteiger partial charge in [0.25, 0.3) is 0 Å². The Bertz CT molecular complexity index is 567. The average Bonchev–Trinajstić information content (AvgIpc) is 2.69. The first-order valence-electron chi connectivity index (χ1n) is 5.34. The molecule has 0 saturated carbocycles. The van der Waals surface area contributed by atoms with Crippen LogP contribution >= 0.6 is 15.9 Å². The van der Waals surface area contributed by atoms with Gasteiger partial charge in [0.05, 0.1) is 11.6 Å². The number of furan rings is 1. The van der Waals surface area contributed by atoms with Gasteiger partial charge in [-0.3, -0.25) is 0 Å². The van der Waals surface area contributed by atoms with Gasteiger partial charge in [-0.15, -0.1) is 0 Å². The Morgan fingerprint density at radius 1 is 1.35 bits per heavy atom. The van der Waals surface area contributed by atoms with Crippen molar-refractivity contribution in [3.63, 3.8) is 0 Å². The third-order valence-electron chi connectivity index (χ3n) is 2.30. The summed E-state index contributed by atoms with van der Waals surface area (Å²) in [7, 11) is 1.61. The molecule has 0 fully saturated rings. The Balaban J connectivity index is 0.000000686. The van der Waals surface area contributed by atoms with Crippen molar-refractivity contribution >= 4 is 26.9 Å². The predicted molar refractivity (Wildman–Crippen MR) is 71.3 cm³/mol. The summed E-state index contributed by atoms with van der Waals surface area (Å²) in [6.07, 6.45) is 0. The van der Waals surface area contributed by atoms with Crippen molar-refractivity contribution in [2.75, 3.05) is 7.11 Å². The maximum atomic E-state index is 8.85. The van der Waals surface area contributed by atoms with E-state index in [1.165, 1.54) is 0 Å². The van der Waals surface area contributed by atoms with Gasteiger partial charge < -0.3 is 9.15 Å². The van der Waals surface area contributed by atoms with Crippen LogP contribution in [0.2, 0.25) is 0 Å². The molecule has 2 aromatic rings. The minimum absolute atomic E-state index is 0.346. The van der Waals surface area contributed by atoms with Gasteiger partial charge in [0.1, 0.15) is 11.8 Å². The van der Waals surface area contributed by atoms with Crippen LogP contribution in [0.4, 0.5) is 0 Å². The number of halogens is 1. The molecule has 0 atom stereocenters. The minimum atomic E-state index is 0.346. The molecule has 4 heteroatoms. The molecule has 0 amide bonds. The summed E-state index contributed by atoms with van der Waals surface area (Å²) in [5, 5.41) is 9.75. The third-order valence-corrected chi connectivity index (χ3v) is 2.89. The number of hydrogen-bond acceptors (Lipinski definition) is 3. The number of ether oxygens (including phenoxy) is 1. The second-order valence-electron chi connectivity index (χ2n) is 3.15. The lowest BCUT2D eigenvalue weighted by Crippen LogP contribution is -1.82. The smallest absolute Gasteiger partial charge is 0.207 e. The van der Waals surface area contributed by atoms with Crippen molar-refractivity contribution < 1.29 is 9.15 Å². The summed E-state index contributed by atoms with van der Waals surface area (Å²) in [5.74, 6) is 1.08. The highest BCUT2D eigenvalue weighted by Crippen LogP contribution is 2.34. The lowest BCUT2D eigenvalue weighted by Gasteiger charge is -2.00. The quantitative estimate of drug-likeness (QED) is 0.783. The van der Waals surface area contributed by atoms with E-state index in [9.17, 15) is 0 Å². The molecular weight excluding hydrogens is 282 g/mol. The largest absolute Gasteiger partial charge is 0.497 e. The fourth-order valence-electron chi connectivity index (χ4n) is 1.48. The summed E-state index contributed by atoms with van der Waals surface area (Å²) in [5.41, 5.74) is 1.52. The van der Waals surface area contributed by atoms with E-state index in [0.717, 1.165) is 21.2 Å². The topological polar surface area (TPSA) is 46.2 Å². The summed E-state index contributed by atoms with van der Waals surface area (Å²) >= 11 is 3.38. The number of hydrogen-bond donors (Lipinski definition) is 0. The average molecular weight is 296 g/mol. The van der Waals surface area contributed by atoms with Crippen LogP contribution in [0, 0.1) is 18.3 Å². The Hall–Kier alpha value is -1.47. The van der Waals surface area contributed by atoms with E-state index in [2.05, 4.69) is 15.9 Å². The lowest BCUT2D eigenvalue weighted by molar-refractivity contribution is 0.415. The summed E-state index contributed by atoms with van der Waals surface area (Å²) < 4.78 is 11.4. The summed E-state index contributed by atoms with van der Waals surface area (Å²) in [6.45, 7) is 5.86. The number of aryl methyl sites for hydroxylation is 1. The van der Waals surface area contributed by atoms with Gasteiger partial charge in [-0.1, -0.05) is 13.8 Å². The molecule has 0 aliphatic carbocycles. The molecule has 1 heterocycles. The van der Waals surface area contributed by atoms with Crippen molar-refractivity contribution in [3.05, 3.63) is 27.9 Å². The highest BCUT2D eigenvalue weighted by molar-refractivity contribution is 9.10. The molecule has 0 unspecified atom stereocenters. The van der Waals surface area contributed by atoms with Crippen molar-refractivity contribution in [2.45, 2.75) is 20.8 Å². The van der Waals surface area contributed by atoms with Crippen LogP contribution in [0.25, 0.3) is 11.0 Å². The third kappa shape index (κ3) is 2.45. The van der Waals surface area contributed by atoms with Crippen molar-refractivity contribution in [2.24, 2.45) is 0 Å². The predicted octanol–water partition coefficient (Wildman–Crippen LogP) is 4.41. The fraction of sp³-hybridized carbons (Fsp3) is 0.308. The highest BCUT2D eigenvalue weighted by Gasteiger charge is 2.13. The van der Waals surface area contributed by atoms with Crippen LogP contribution in [-0.2, 0) is 0 Å². The van der Waals surface area contributed by atoms with Crippen LogP contribution in [0.15, 0.2) is 21.0 Å². The molecule has 0 saturated heterocycles. The van der Waals surface area contributed by atoms with Crippen molar-refractivity contribution in [1.29, 1.82) is 5.26 Å². The van der Waals surface area contributed by atoms with Crippen molar-refractivity contribution in [1.82, 2.24) is 0 Å². The Morgan fingerprint density at radius 3 is 2.53 bits per heavy atom. The molecule has 0 spiro atoms. The van der Waals surface area contributed by atoms with Crippen LogP contribution in [-0.4, -0.2) is 7.11 Å². The van der Waals surface area contributed by atoms with Gasteiger partial charge in [0.15, 0.2) is 5.58 Å². The molecule has 0 radical (unpaired) electrons. The normalized spacial score (nSPS) is 9.41. The standard InChI is InChI=1S/C11H8BrNO2.C2H6/c1-6-8-3-7(14-2)4-9(12)11(8)15-10(6)5-13;1-2/h3-4H,1-2H3;1-2H3. The second kappa shape index (κ2) is 5.74. The summed E-state index contributed by atoms with van der Waals surface area (Å²) in [4.78, 5) is 0. The highest BCUT2D eigenvalue weighted by atomic mass is 79.9. The van der Waals surface area contributed by atoms with Crippen molar-refractivity contribution in [3.8, 4) is 11.8 Å². The van der Waals surface area contributed by atoms with E-state index in [1.807, 2.05) is 39.0 Å². The molecule has 90 valence electrons. The van der Waals surface area contributed by atoms with Gasteiger partial charge in [-0.05, 0) is 35.0 Å². The minimum Gasteiger partial charge on any atom is -0.497 e. The maximum absolute atomic E-state index is 8.85. The van der Waals surface area contributed by atoms with Gasteiger partial charge in [0.2, 0.25) is 5.76 Å². The van der Waals surface area contributed by atoms with E-state index in [1.54, 1.807) is 7.11 Å². The van der Waals surface area contributed by atoms with Gasteiger partial charge >= 0.3 is 0 Å². The first-order valence-corrected chi connectivity index (χ1v) is 6.13. The zero-order chi connectivity index (χ0) is 13.0. The Morgan fingerprint density at radius 2 is 2.00 bits per heavy atom. The molecule has 1 aromatic heterocycles. The fourth-order valence-corrected chi connectivity index (χ4v) is 2.00. The molecule has 0 aliphatic heterocycles. The van der Waals surface area contributed by atoms with Crippen LogP contribution in [0.5, 0.6) is 5.75 Å². The zero-order valence-corrected chi connectivity index (χ0v) is 11.9. The molecule has 2 rings (SSSR count).